The van der Waals surface area contributed by atoms with E-state index in [9.17, 15) is 22.8 Å². The summed E-state index contributed by atoms with van der Waals surface area (Å²) in [5.74, 6) is -0.810. The van der Waals surface area contributed by atoms with E-state index >= 15 is 0 Å². The van der Waals surface area contributed by atoms with E-state index in [4.69, 9.17) is 44.3 Å². The van der Waals surface area contributed by atoms with Crippen LogP contribution in [0, 0.1) is 3.57 Å². The molecule has 234 valence electrons. The van der Waals surface area contributed by atoms with Gasteiger partial charge in [0.1, 0.15) is 12.4 Å². The zero-order valence-electron chi connectivity index (χ0n) is 22.7. The van der Waals surface area contributed by atoms with E-state index < -0.39 is 35.0 Å². The molecule has 0 fully saturated rings. The summed E-state index contributed by atoms with van der Waals surface area (Å²) in [5, 5.41) is 1.08. The number of rotatable bonds is 7. The Bertz CT molecular complexity index is 2030. The van der Waals surface area contributed by atoms with Gasteiger partial charge < -0.3 is 9.47 Å². The van der Waals surface area contributed by atoms with E-state index in [1.165, 1.54) is 37.3 Å². The van der Waals surface area contributed by atoms with Gasteiger partial charge in [-0.05, 0) is 83.1 Å². The third-order valence-corrected chi connectivity index (χ3v) is 9.70. The summed E-state index contributed by atoms with van der Waals surface area (Å²) >= 11 is 24.5. The lowest BCUT2D eigenvalue weighted by molar-refractivity contribution is -0.140. The average Bonchev–Trinajstić information content (AvgIpc) is 3.28. The van der Waals surface area contributed by atoms with Crippen molar-refractivity contribution in [3.63, 3.8) is 0 Å². The van der Waals surface area contributed by atoms with Crippen LogP contribution in [-0.2, 0) is 16.1 Å². The molecule has 1 aliphatic rings. The van der Waals surface area contributed by atoms with Crippen LogP contribution in [0.3, 0.4) is 0 Å². The van der Waals surface area contributed by atoms with Gasteiger partial charge in [0.2, 0.25) is 0 Å². The third-order valence-electron chi connectivity index (χ3n) is 6.47. The highest BCUT2D eigenvalue weighted by atomic mass is 127. The van der Waals surface area contributed by atoms with Gasteiger partial charge in [0.05, 0.1) is 36.4 Å². The van der Waals surface area contributed by atoms with E-state index in [-0.39, 0.29) is 28.1 Å². The highest BCUT2D eigenvalue weighted by Gasteiger charge is 2.45. The summed E-state index contributed by atoms with van der Waals surface area (Å²) in [6, 6.07) is 12.9. The molecule has 0 aliphatic carbocycles. The van der Waals surface area contributed by atoms with Crippen molar-refractivity contribution in [2.24, 2.45) is 4.99 Å². The smallest absolute Gasteiger partial charge is 0.434 e. The molecule has 5 rings (SSSR count). The van der Waals surface area contributed by atoms with Crippen molar-refractivity contribution in [3.05, 3.63) is 125 Å². The zero-order chi connectivity index (χ0) is 32.6. The quantitative estimate of drug-likeness (QED) is 0.139. The maximum absolute atomic E-state index is 14.4. The van der Waals surface area contributed by atoms with Gasteiger partial charge in [-0.15, -0.1) is 0 Å². The van der Waals surface area contributed by atoms with Crippen molar-refractivity contribution >= 4 is 96.7 Å². The molecular formula is C30H18BrCl3F3IN2O4S. The number of carbonyl (C=O) groups excluding carboxylic acids is 1. The van der Waals surface area contributed by atoms with Gasteiger partial charge >= 0.3 is 12.1 Å². The Labute approximate surface area is 295 Å². The Morgan fingerprint density at radius 1 is 1.11 bits per heavy atom. The van der Waals surface area contributed by atoms with Gasteiger partial charge in [-0.3, -0.25) is 9.36 Å². The molecule has 1 atom stereocenters. The van der Waals surface area contributed by atoms with E-state index in [1.807, 2.05) is 6.07 Å². The monoisotopic (exact) mass is 870 g/mol. The molecule has 0 saturated carbocycles. The molecule has 1 aromatic heterocycles. The second-order valence-electron chi connectivity index (χ2n) is 9.46. The molecule has 1 aliphatic heterocycles. The minimum absolute atomic E-state index is 0.0626. The minimum Gasteiger partial charge on any atom is -0.487 e. The number of hydrogen-bond donors (Lipinski definition) is 0. The third kappa shape index (κ3) is 7.31. The van der Waals surface area contributed by atoms with Crippen molar-refractivity contribution in [1.29, 1.82) is 0 Å². The second kappa shape index (κ2) is 13.8. The molecule has 0 N–H and O–H groups in total. The van der Waals surface area contributed by atoms with E-state index in [0.29, 0.717) is 34.4 Å². The molecule has 0 radical (unpaired) electrons. The first-order valence-electron chi connectivity index (χ1n) is 12.9. The SMILES string of the molecule is CCOC(=O)C1=C(C(F)(F)F)N=c2s/c(=C\c3cc(Br)cc(I)c3OCc3ccc(Cl)c(Cl)c3)c(=O)n2[C@@H]1c1ccc(Cl)cc1. The lowest BCUT2D eigenvalue weighted by Crippen LogP contribution is -2.41. The van der Waals surface area contributed by atoms with Gasteiger partial charge in [-0.1, -0.05) is 80.3 Å². The van der Waals surface area contributed by atoms with Crippen LogP contribution >= 0.6 is 84.7 Å². The number of carbonyl (C=O) groups is 1. The Morgan fingerprint density at radius 2 is 1.82 bits per heavy atom. The molecule has 0 unspecified atom stereocenters. The molecule has 15 heteroatoms. The van der Waals surface area contributed by atoms with Crippen LogP contribution in [0.5, 0.6) is 5.75 Å². The Morgan fingerprint density at radius 3 is 2.47 bits per heavy atom. The number of aromatic nitrogens is 1. The average molecular weight is 873 g/mol. The Balaban J connectivity index is 1.70. The molecule has 3 aromatic carbocycles. The first-order valence-corrected chi connectivity index (χ1v) is 16.7. The molecule has 4 aromatic rings. The van der Waals surface area contributed by atoms with Gasteiger partial charge in [-0.25, -0.2) is 9.79 Å². The van der Waals surface area contributed by atoms with Gasteiger partial charge in [0.25, 0.3) is 5.56 Å². The van der Waals surface area contributed by atoms with Crippen LogP contribution in [0.25, 0.3) is 6.08 Å². The van der Waals surface area contributed by atoms with Crippen molar-refractivity contribution in [2.45, 2.75) is 25.7 Å². The molecule has 2 heterocycles. The summed E-state index contributed by atoms with van der Waals surface area (Å²) in [5.41, 5.74) is -1.46. The van der Waals surface area contributed by atoms with Crippen LogP contribution in [0.15, 0.2) is 80.1 Å². The normalized spacial score (nSPS) is 15.1. The van der Waals surface area contributed by atoms with Crippen molar-refractivity contribution in [2.75, 3.05) is 6.61 Å². The van der Waals surface area contributed by atoms with Crippen LogP contribution in [0.4, 0.5) is 13.2 Å². The first kappa shape index (κ1) is 34.0. The molecule has 6 nitrogen and oxygen atoms in total. The fourth-order valence-electron chi connectivity index (χ4n) is 4.57. The number of hydrogen-bond acceptors (Lipinski definition) is 6. The molecule has 0 saturated heterocycles. The lowest BCUT2D eigenvalue weighted by atomic mass is 9.95. The number of allylic oxidation sites excluding steroid dienone is 1. The predicted octanol–water partition coefficient (Wildman–Crippen LogP) is 8.25. The molecule has 0 amide bonds. The van der Waals surface area contributed by atoms with Crippen LogP contribution in [-0.4, -0.2) is 23.3 Å². The largest absolute Gasteiger partial charge is 0.487 e. The number of alkyl halides is 3. The van der Waals surface area contributed by atoms with Crippen LogP contribution in [0.1, 0.15) is 29.7 Å². The molecule has 45 heavy (non-hydrogen) atoms. The molecular weight excluding hydrogens is 855 g/mol. The van der Waals surface area contributed by atoms with Gasteiger partial charge in [0.15, 0.2) is 10.5 Å². The number of benzene rings is 3. The maximum atomic E-state index is 14.4. The summed E-state index contributed by atoms with van der Waals surface area (Å²) in [6.45, 7) is 1.40. The van der Waals surface area contributed by atoms with E-state index in [2.05, 4.69) is 43.5 Å². The zero-order valence-corrected chi connectivity index (χ0v) is 29.6. The second-order valence-corrected chi connectivity index (χ2v) is 13.8. The Hall–Kier alpha value is -2.36. The van der Waals surface area contributed by atoms with Crippen molar-refractivity contribution < 1.29 is 27.4 Å². The predicted molar refractivity (Wildman–Crippen MR) is 180 cm³/mol. The minimum atomic E-state index is -5.02. The summed E-state index contributed by atoms with van der Waals surface area (Å²) in [7, 11) is 0. The van der Waals surface area contributed by atoms with Crippen molar-refractivity contribution in [1.82, 2.24) is 4.57 Å². The van der Waals surface area contributed by atoms with Crippen molar-refractivity contribution in [3.8, 4) is 5.75 Å². The highest BCUT2D eigenvalue weighted by molar-refractivity contribution is 14.1. The first-order chi connectivity index (χ1) is 21.3. The standard InChI is InChI=1S/C30H18BrCl3F3IN2O4S/c1-2-43-28(42)23-24(15-4-6-18(32)7-5-15)40-27(41)22(45-29(40)39-26(23)30(35,36)37)11-16-10-17(31)12-21(38)25(16)44-13-14-3-8-19(33)20(34)9-14/h3-12,24H,2,13H2,1H3/b22-11-/t24-/m1/s1. The fourth-order valence-corrected chi connectivity index (χ4v) is 7.71. The summed E-state index contributed by atoms with van der Waals surface area (Å²) in [6.07, 6.45) is -3.50. The number of nitrogens with zero attached hydrogens (tertiary/aromatic N) is 2. The van der Waals surface area contributed by atoms with E-state index in [0.717, 1.165) is 21.5 Å². The number of ether oxygens (including phenoxy) is 2. The summed E-state index contributed by atoms with van der Waals surface area (Å²) in [4.78, 5) is 30.6. The number of halogens is 8. The van der Waals surface area contributed by atoms with Crippen LogP contribution in [0.2, 0.25) is 15.1 Å². The highest BCUT2D eigenvalue weighted by Crippen LogP contribution is 2.39. The number of fused-ring (bicyclic) bond motifs is 1. The van der Waals surface area contributed by atoms with Crippen LogP contribution < -0.4 is 19.6 Å². The molecule has 0 spiro atoms. The van der Waals surface area contributed by atoms with Gasteiger partial charge in [-0.2, -0.15) is 13.2 Å². The lowest BCUT2D eigenvalue weighted by Gasteiger charge is -2.26. The topological polar surface area (TPSA) is 69.9 Å². The molecule has 0 bridgehead atoms. The number of thiazole rings is 1. The maximum Gasteiger partial charge on any atom is 0.434 e. The number of esters is 1. The fraction of sp³-hybridized carbons (Fsp3) is 0.167. The Kier molecular flexibility index (Phi) is 10.4. The van der Waals surface area contributed by atoms with Gasteiger partial charge in [0, 0.05) is 15.1 Å². The van der Waals surface area contributed by atoms with E-state index in [1.54, 1.807) is 24.3 Å². The summed E-state index contributed by atoms with van der Waals surface area (Å²) < 4.78 is 56.9.